The second kappa shape index (κ2) is 4.89. The summed E-state index contributed by atoms with van der Waals surface area (Å²) < 4.78 is 2.40. The molecule has 1 aromatic carbocycles. The van der Waals surface area contributed by atoms with Crippen molar-refractivity contribution in [3.63, 3.8) is 0 Å². The highest BCUT2D eigenvalue weighted by Crippen LogP contribution is 2.14. The van der Waals surface area contributed by atoms with Crippen molar-refractivity contribution >= 4 is 26.8 Å². The summed E-state index contributed by atoms with van der Waals surface area (Å²) in [4.78, 5) is 24.8. The first-order valence-corrected chi connectivity index (χ1v) is 6.44. The number of halogens is 1. The molecule has 0 saturated carbocycles. The molecular weight excluding hydrogens is 308 g/mol. The van der Waals surface area contributed by atoms with Gasteiger partial charge < -0.3 is 0 Å². The molecule has 0 spiro atoms. The van der Waals surface area contributed by atoms with Gasteiger partial charge >= 0.3 is 0 Å². The standard InChI is InChI=1S/C13H9BrN4O/c14-9-2-3-10-11(6-9)17-8-18(13(10)19)7-12-15-4-1-5-16-12/h1-6,8H,7H2. The Kier molecular flexibility index (Phi) is 3.08. The van der Waals surface area contributed by atoms with Crippen LogP contribution in [0.2, 0.25) is 0 Å². The molecule has 2 aromatic heterocycles. The van der Waals surface area contributed by atoms with Gasteiger partial charge in [-0.3, -0.25) is 9.36 Å². The van der Waals surface area contributed by atoms with E-state index in [1.165, 1.54) is 10.9 Å². The number of aromatic nitrogens is 4. The predicted molar refractivity (Wildman–Crippen MR) is 74.8 cm³/mol. The molecule has 5 nitrogen and oxygen atoms in total. The Labute approximate surface area is 117 Å². The molecule has 2 heterocycles. The van der Waals surface area contributed by atoms with E-state index in [1.54, 1.807) is 24.5 Å². The van der Waals surface area contributed by atoms with Crippen LogP contribution in [-0.4, -0.2) is 19.5 Å². The molecule has 19 heavy (non-hydrogen) atoms. The van der Waals surface area contributed by atoms with Gasteiger partial charge in [0.1, 0.15) is 5.82 Å². The minimum atomic E-state index is -0.0926. The van der Waals surface area contributed by atoms with E-state index < -0.39 is 0 Å². The van der Waals surface area contributed by atoms with Crippen LogP contribution in [0, 0.1) is 0 Å². The molecule has 0 aliphatic heterocycles. The van der Waals surface area contributed by atoms with Crippen LogP contribution in [0.25, 0.3) is 10.9 Å². The summed E-state index contributed by atoms with van der Waals surface area (Å²) in [7, 11) is 0. The summed E-state index contributed by atoms with van der Waals surface area (Å²) >= 11 is 3.36. The molecule has 3 rings (SSSR count). The normalized spacial score (nSPS) is 10.8. The van der Waals surface area contributed by atoms with E-state index in [2.05, 4.69) is 30.9 Å². The fourth-order valence-electron chi connectivity index (χ4n) is 1.81. The van der Waals surface area contributed by atoms with Crippen LogP contribution < -0.4 is 5.56 Å². The molecule has 94 valence electrons. The first-order chi connectivity index (χ1) is 9.24. The molecule has 0 unspecified atom stereocenters. The largest absolute Gasteiger partial charge is 0.291 e. The molecule has 0 atom stereocenters. The van der Waals surface area contributed by atoms with E-state index in [9.17, 15) is 4.79 Å². The van der Waals surface area contributed by atoms with Gasteiger partial charge in [-0.2, -0.15) is 0 Å². The molecule has 6 heteroatoms. The summed E-state index contributed by atoms with van der Waals surface area (Å²) in [5, 5.41) is 0.585. The minimum Gasteiger partial charge on any atom is -0.291 e. The third-order valence-corrected chi connectivity index (χ3v) is 3.21. The van der Waals surface area contributed by atoms with Crippen molar-refractivity contribution in [2.75, 3.05) is 0 Å². The van der Waals surface area contributed by atoms with E-state index in [-0.39, 0.29) is 5.56 Å². The fraction of sp³-hybridized carbons (Fsp3) is 0.0769. The highest BCUT2D eigenvalue weighted by Gasteiger charge is 2.05. The van der Waals surface area contributed by atoms with Crippen LogP contribution in [-0.2, 0) is 6.54 Å². The zero-order chi connectivity index (χ0) is 13.2. The summed E-state index contributed by atoms with van der Waals surface area (Å²) in [5.41, 5.74) is 0.578. The van der Waals surface area contributed by atoms with Gasteiger partial charge in [-0.1, -0.05) is 15.9 Å². The van der Waals surface area contributed by atoms with Crippen molar-refractivity contribution in [2.24, 2.45) is 0 Å². The molecule has 0 fully saturated rings. The van der Waals surface area contributed by atoms with Gasteiger partial charge in [-0.15, -0.1) is 0 Å². The van der Waals surface area contributed by atoms with Gasteiger partial charge in [0, 0.05) is 16.9 Å². The van der Waals surface area contributed by atoms with Crippen molar-refractivity contribution < 1.29 is 0 Å². The molecular formula is C13H9BrN4O. The Morgan fingerprint density at radius 1 is 1.16 bits per heavy atom. The van der Waals surface area contributed by atoms with Crippen molar-refractivity contribution in [3.8, 4) is 0 Å². The molecule has 0 N–H and O–H groups in total. The third kappa shape index (κ3) is 2.39. The lowest BCUT2D eigenvalue weighted by Gasteiger charge is -2.05. The van der Waals surface area contributed by atoms with E-state index >= 15 is 0 Å². The maximum Gasteiger partial charge on any atom is 0.261 e. The summed E-state index contributed by atoms with van der Waals surface area (Å²) in [5.74, 6) is 0.586. The molecule has 0 radical (unpaired) electrons. The van der Waals surface area contributed by atoms with E-state index in [0.717, 1.165) is 4.47 Å². The maximum atomic E-state index is 12.3. The topological polar surface area (TPSA) is 60.7 Å². The highest BCUT2D eigenvalue weighted by molar-refractivity contribution is 9.10. The Bertz CT molecular complexity index is 786. The zero-order valence-corrected chi connectivity index (χ0v) is 11.4. The Balaban J connectivity index is 2.08. The summed E-state index contributed by atoms with van der Waals surface area (Å²) in [6.07, 6.45) is 4.82. The van der Waals surface area contributed by atoms with Crippen molar-refractivity contribution in [3.05, 3.63) is 63.6 Å². The second-order valence-corrected chi connectivity index (χ2v) is 4.92. The maximum absolute atomic E-state index is 12.3. The quantitative estimate of drug-likeness (QED) is 0.725. The second-order valence-electron chi connectivity index (χ2n) is 4.00. The van der Waals surface area contributed by atoms with Crippen LogP contribution in [0.15, 0.2) is 52.3 Å². The molecule has 0 amide bonds. The lowest BCUT2D eigenvalue weighted by atomic mass is 10.2. The smallest absolute Gasteiger partial charge is 0.261 e. The Hall–Kier alpha value is -2.08. The number of hydrogen-bond donors (Lipinski definition) is 0. The fourth-order valence-corrected chi connectivity index (χ4v) is 2.16. The van der Waals surface area contributed by atoms with Crippen LogP contribution >= 0.6 is 15.9 Å². The molecule has 0 aliphatic carbocycles. The average Bonchev–Trinajstić information content (AvgIpc) is 2.43. The van der Waals surface area contributed by atoms with Crippen molar-refractivity contribution in [1.29, 1.82) is 0 Å². The number of benzene rings is 1. The van der Waals surface area contributed by atoms with Crippen LogP contribution in [0.5, 0.6) is 0 Å². The number of fused-ring (bicyclic) bond motifs is 1. The first-order valence-electron chi connectivity index (χ1n) is 5.64. The van der Waals surface area contributed by atoms with E-state index in [0.29, 0.717) is 23.3 Å². The van der Waals surface area contributed by atoms with Gasteiger partial charge in [0.25, 0.3) is 5.56 Å². The third-order valence-electron chi connectivity index (χ3n) is 2.72. The van der Waals surface area contributed by atoms with E-state index in [1.807, 2.05) is 12.1 Å². The Morgan fingerprint density at radius 3 is 2.74 bits per heavy atom. The number of nitrogens with zero attached hydrogens (tertiary/aromatic N) is 4. The minimum absolute atomic E-state index is 0.0926. The van der Waals surface area contributed by atoms with Crippen LogP contribution in [0.3, 0.4) is 0 Å². The molecule has 3 aromatic rings. The van der Waals surface area contributed by atoms with Crippen LogP contribution in [0.4, 0.5) is 0 Å². The SMILES string of the molecule is O=c1c2ccc(Br)cc2ncn1Cc1ncccn1. The molecule has 0 aliphatic rings. The monoisotopic (exact) mass is 316 g/mol. The van der Waals surface area contributed by atoms with Gasteiger partial charge in [-0.25, -0.2) is 15.0 Å². The summed E-state index contributed by atoms with van der Waals surface area (Å²) in [6.45, 7) is 0.318. The highest BCUT2D eigenvalue weighted by atomic mass is 79.9. The number of hydrogen-bond acceptors (Lipinski definition) is 4. The van der Waals surface area contributed by atoms with Crippen molar-refractivity contribution in [2.45, 2.75) is 6.54 Å². The average molecular weight is 317 g/mol. The van der Waals surface area contributed by atoms with Gasteiger partial charge in [0.15, 0.2) is 0 Å². The van der Waals surface area contributed by atoms with Gasteiger partial charge in [-0.05, 0) is 24.3 Å². The summed E-state index contributed by atoms with van der Waals surface area (Å²) in [6, 6.07) is 7.15. The van der Waals surface area contributed by atoms with E-state index in [4.69, 9.17) is 0 Å². The Morgan fingerprint density at radius 2 is 1.95 bits per heavy atom. The lowest BCUT2D eigenvalue weighted by molar-refractivity contribution is 0.706. The van der Waals surface area contributed by atoms with Gasteiger partial charge in [0.05, 0.1) is 23.8 Å². The zero-order valence-electron chi connectivity index (χ0n) is 9.82. The number of rotatable bonds is 2. The molecule has 0 bridgehead atoms. The molecule has 0 saturated heterocycles. The van der Waals surface area contributed by atoms with Crippen molar-refractivity contribution in [1.82, 2.24) is 19.5 Å². The predicted octanol–water partition coefficient (Wildman–Crippen LogP) is 2.00. The van der Waals surface area contributed by atoms with Crippen LogP contribution in [0.1, 0.15) is 5.82 Å². The van der Waals surface area contributed by atoms with Gasteiger partial charge in [0.2, 0.25) is 0 Å². The first kappa shape index (κ1) is 12.0. The lowest BCUT2D eigenvalue weighted by Crippen LogP contribution is -2.22.